The summed E-state index contributed by atoms with van der Waals surface area (Å²) in [5.41, 5.74) is 4.57. The fourth-order valence-corrected chi connectivity index (χ4v) is 0. The maximum Gasteiger partial charge on any atom is 1.00 e. The van der Waals surface area contributed by atoms with Gasteiger partial charge in [-0.2, -0.15) is 0 Å². The van der Waals surface area contributed by atoms with Gasteiger partial charge in [-0.15, -0.1) is 0 Å². The molecule has 9 heavy (non-hydrogen) atoms. The van der Waals surface area contributed by atoms with Gasteiger partial charge in [-0.3, -0.25) is 4.79 Å². The van der Waals surface area contributed by atoms with Crippen LogP contribution in [0, 0.1) is 6.92 Å². The summed E-state index contributed by atoms with van der Waals surface area (Å²) in [7, 11) is 0. The predicted molar refractivity (Wildman–Crippen MR) is 29.1 cm³/mol. The van der Waals surface area contributed by atoms with Gasteiger partial charge < -0.3 is 22.9 Å². The zero-order valence-corrected chi connectivity index (χ0v) is 7.50. The molecule has 0 aliphatic heterocycles. The smallest absolute Gasteiger partial charge is 0.480 e. The van der Waals surface area contributed by atoms with E-state index in [0.29, 0.717) is 0 Å². The maximum absolute atomic E-state index is 9.24. The van der Waals surface area contributed by atoms with Crippen molar-refractivity contribution in [2.45, 2.75) is 0 Å². The first-order chi connectivity index (χ1) is 3.68. The van der Waals surface area contributed by atoms with Crippen LogP contribution in [-0.2, 0) is 4.79 Å². The van der Waals surface area contributed by atoms with Gasteiger partial charge in [0.1, 0.15) is 0 Å². The van der Waals surface area contributed by atoms with E-state index in [1.165, 1.54) is 0 Å². The Morgan fingerprint density at radius 2 is 1.78 bits per heavy atom. The van der Waals surface area contributed by atoms with Crippen LogP contribution in [0.4, 0.5) is 0 Å². The van der Waals surface area contributed by atoms with Crippen LogP contribution >= 0.6 is 0 Å². The van der Waals surface area contributed by atoms with Crippen molar-refractivity contribution >= 4 is 5.97 Å². The molecule has 0 aromatic rings. The fraction of sp³-hybridized carbons (Fsp3) is 0.500. The second-order valence-corrected chi connectivity index (χ2v) is 0.821. The van der Waals surface area contributed by atoms with Gasteiger partial charge in [0.2, 0.25) is 0 Å². The molecule has 0 aromatic carbocycles. The Kier molecular flexibility index (Phi) is 28.4. The third-order valence-electron chi connectivity index (χ3n) is 0.175. The van der Waals surface area contributed by atoms with Gasteiger partial charge in [0.25, 0.3) is 0 Å². The number of aliphatic hydroxyl groups excluding tert-OH is 1. The van der Waals surface area contributed by atoms with E-state index in [1.54, 1.807) is 0 Å². The Labute approximate surface area is 76.3 Å². The van der Waals surface area contributed by atoms with E-state index in [2.05, 4.69) is 12.7 Å². The first-order valence-electron chi connectivity index (χ1n) is 2.01. The molecule has 4 N–H and O–H groups in total. The number of carboxylic acid groups (broad SMARTS) is 1. The minimum absolute atomic E-state index is 0. The molecule has 0 bridgehead atoms. The monoisotopic (exact) mass is 143 g/mol. The van der Waals surface area contributed by atoms with Crippen LogP contribution in [0.25, 0.3) is 0 Å². The summed E-state index contributed by atoms with van der Waals surface area (Å²) in [4.78, 5) is 9.24. The molecule has 0 unspecified atom stereocenters. The van der Waals surface area contributed by atoms with Gasteiger partial charge >= 0.3 is 35.5 Å². The van der Waals surface area contributed by atoms with Gasteiger partial charge in [0.15, 0.2) is 0 Å². The summed E-state index contributed by atoms with van der Waals surface area (Å²) < 4.78 is 0. The van der Waals surface area contributed by atoms with Crippen molar-refractivity contribution in [3.8, 4) is 0 Å². The minimum atomic E-state index is -0.968. The van der Waals surface area contributed by atoms with Crippen LogP contribution in [0.1, 0.15) is 0 Å². The Morgan fingerprint density at radius 3 is 1.78 bits per heavy atom. The van der Waals surface area contributed by atoms with Crippen molar-refractivity contribution in [2.75, 3.05) is 13.2 Å². The second-order valence-electron chi connectivity index (χ2n) is 0.821. The largest absolute Gasteiger partial charge is 1.00 e. The molecule has 0 radical (unpaired) electrons. The molecule has 0 heterocycles. The van der Waals surface area contributed by atoms with Crippen molar-refractivity contribution < 1.29 is 44.6 Å². The van der Waals surface area contributed by atoms with Gasteiger partial charge in [-0.25, -0.2) is 0 Å². The molecule has 0 spiro atoms. The molecule has 0 amide bonds. The standard InChI is InChI=1S/C2H5NO2.C2H5O.Na/c3-1-2(4)5;1-2-3;/h1,3H2,(H,4,5);3H,1-2H2;/q;-1;+1. The Bertz CT molecular complexity index is 59.8. The van der Waals surface area contributed by atoms with Crippen LogP contribution < -0.4 is 35.3 Å². The first kappa shape index (κ1) is 16.2. The van der Waals surface area contributed by atoms with Crippen LogP contribution in [0.5, 0.6) is 0 Å². The molecule has 0 fully saturated rings. The van der Waals surface area contributed by atoms with Crippen LogP contribution in [0.15, 0.2) is 0 Å². The summed E-state index contributed by atoms with van der Waals surface area (Å²) in [6.45, 7) is 2.76. The van der Waals surface area contributed by atoms with Crippen molar-refractivity contribution in [1.29, 1.82) is 0 Å². The van der Waals surface area contributed by atoms with Gasteiger partial charge in [-0.05, 0) is 0 Å². The van der Waals surface area contributed by atoms with E-state index >= 15 is 0 Å². The molecule has 0 saturated carbocycles. The molecule has 0 aliphatic rings. The number of hydrogen-bond acceptors (Lipinski definition) is 3. The summed E-state index contributed by atoms with van der Waals surface area (Å²) in [6.07, 6.45) is 0. The molecule has 0 aliphatic carbocycles. The van der Waals surface area contributed by atoms with E-state index < -0.39 is 5.97 Å². The SMILES string of the molecule is NCC(=O)O.[CH2-]CO.[Na+]. The number of carbonyl (C=O) groups is 1. The maximum atomic E-state index is 9.24. The molecule has 5 heteroatoms. The summed E-state index contributed by atoms with van der Waals surface area (Å²) in [5, 5.41) is 15.1. The van der Waals surface area contributed by atoms with E-state index in [-0.39, 0.29) is 42.7 Å². The number of rotatable bonds is 1. The first-order valence-corrected chi connectivity index (χ1v) is 2.01. The van der Waals surface area contributed by atoms with Crippen molar-refractivity contribution in [3.05, 3.63) is 6.92 Å². The van der Waals surface area contributed by atoms with Crippen molar-refractivity contribution in [2.24, 2.45) is 5.73 Å². The van der Waals surface area contributed by atoms with E-state index in [1.807, 2.05) is 0 Å². The topological polar surface area (TPSA) is 83.6 Å². The Balaban J connectivity index is -0.0000000800. The number of nitrogens with two attached hydrogens (primary N) is 1. The zero-order valence-electron chi connectivity index (χ0n) is 5.50. The molecule has 50 valence electrons. The number of aliphatic carboxylic acids is 1. The average Bonchev–Trinajstić information content (AvgIpc) is 1.69. The molecule has 0 saturated heterocycles. The second kappa shape index (κ2) is 15.8. The fourth-order valence-electron chi connectivity index (χ4n) is 0. The van der Waals surface area contributed by atoms with Crippen LogP contribution in [0.2, 0.25) is 0 Å². The van der Waals surface area contributed by atoms with Gasteiger partial charge in [0.05, 0.1) is 6.54 Å². The summed E-state index contributed by atoms with van der Waals surface area (Å²) in [5.74, 6) is -0.968. The molecular formula is C4H10NNaO3. The van der Waals surface area contributed by atoms with E-state index in [4.69, 9.17) is 10.2 Å². The normalized spacial score (nSPS) is 6.11. The molecular weight excluding hydrogens is 133 g/mol. The van der Waals surface area contributed by atoms with E-state index in [0.717, 1.165) is 0 Å². The third-order valence-corrected chi connectivity index (χ3v) is 0.175. The van der Waals surface area contributed by atoms with E-state index in [9.17, 15) is 4.79 Å². The molecule has 0 atom stereocenters. The average molecular weight is 143 g/mol. The molecule has 0 rings (SSSR count). The number of hydrogen-bond donors (Lipinski definition) is 3. The molecule has 4 nitrogen and oxygen atoms in total. The third kappa shape index (κ3) is 60.0. The van der Waals surface area contributed by atoms with Crippen molar-refractivity contribution in [3.63, 3.8) is 0 Å². The molecule has 0 aromatic heterocycles. The van der Waals surface area contributed by atoms with Gasteiger partial charge in [-0.1, -0.05) is 6.61 Å². The Hall–Kier alpha value is 0.390. The predicted octanol–water partition coefficient (Wildman–Crippen LogP) is -4.15. The Morgan fingerprint density at radius 1 is 1.67 bits per heavy atom. The summed E-state index contributed by atoms with van der Waals surface area (Å²) in [6, 6.07) is 0. The van der Waals surface area contributed by atoms with Gasteiger partial charge in [0, 0.05) is 0 Å². The van der Waals surface area contributed by atoms with Crippen molar-refractivity contribution in [1.82, 2.24) is 0 Å². The van der Waals surface area contributed by atoms with Crippen LogP contribution in [0.3, 0.4) is 0 Å². The quantitative estimate of drug-likeness (QED) is 0.257. The summed E-state index contributed by atoms with van der Waals surface area (Å²) >= 11 is 0. The number of carboxylic acids is 1. The number of aliphatic hydroxyl groups is 1. The minimum Gasteiger partial charge on any atom is -0.480 e. The van der Waals surface area contributed by atoms with Crippen LogP contribution in [-0.4, -0.2) is 29.3 Å². The zero-order chi connectivity index (χ0) is 6.99.